The van der Waals surface area contributed by atoms with Gasteiger partial charge in [0.1, 0.15) is 36.3 Å². The number of nitrogens with zero attached hydrogens (tertiary/aromatic N) is 4. The van der Waals surface area contributed by atoms with Gasteiger partial charge in [-0.1, -0.05) is 136 Å². The Morgan fingerprint density at radius 3 is 2.07 bits per heavy atom. The number of nitrogens with two attached hydrogens (primary N) is 1. The van der Waals surface area contributed by atoms with Gasteiger partial charge >= 0.3 is 23.5 Å². The maximum Gasteiger partial charge on any atom is 0.481 e. The Balaban J connectivity index is 1.26. The fourth-order valence-corrected chi connectivity index (χ4v) is 11.3. The van der Waals surface area contributed by atoms with E-state index >= 15 is 0 Å². The summed E-state index contributed by atoms with van der Waals surface area (Å²) in [7, 11) is -16.4. The number of nitrogens with one attached hydrogen (secondary N) is 2. The van der Waals surface area contributed by atoms with Crippen molar-refractivity contribution in [2.45, 2.75) is 174 Å². The van der Waals surface area contributed by atoms with Gasteiger partial charge in [0, 0.05) is 37.1 Å². The first-order valence-corrected chi connectivity index (χ1v) is 29.5. The normalized spacial score (nSPS) is 20.2. The van der Waals surface area contributed by atoms with Crippen LogP contribution in [0.2, 0.25) is 0 Å². The largest absolute Gasteiger partial charge is 0.481 e. The maximum absolute atomic E-state index is 12.8. The summed E-state index contributed by atoms with van der Waals surface area (Å²) in [5.41, 5.74) is 4.29. The topological polar surface area (TPSA) is 364 Å². The molecule has 8 atom stereocenters. The molecule has 1 fully saturated rings. The molecule has 0 aromatic carbocycles. The molecule has 0 aliphatic carbocycles. The molecule has 0 saturated carbocycles. The zero-order valence-electron chi connectivity index (χ0n) is 40.7. The number of unbranched alkanes of at least 4 members (excludes halogenated alkanes) is 12. The number of anilines is 1. The number of rotatable bonds is 37. The third-order valence-corrected chi connectivity index (χ3v) is 15.7. The Kier molecular flexibility index (Phi) is 27.1. The molecule has 24 nitrogen and oxygen atoms in total. The SMILES string of the molecule is CCCC(C)CCCCCCCCCCCCCCCC(=O)SCCNC(=O)CCNC(=O)C(O)C(C)(C)COP(=O)(O)OP(=O)(O)OCC1OC(n2cnc3c(N)ncnc32)C(O)C1OP(=O)(O)O. The standard InChI is InChI=1S/C42H76N7O17P3S/c1-5-19-30(2)20-17-15-13-11-9-7-6-8-10-12-14-16-18-21-33(51)70-25-24-44-32(50)22-23-45-40(54)37(53)42(3,4)27-63-69(60,61)66-68(58,59)62-26-31-36(65-67(55,56)57)35(52)41(64-31)49-29-48-34-38(43)46-28-47-39(34)49/h28-31,35-37,41,52-53H,5-27H2,1-4H3,(H,44,50)(H,45,54)(H,58,59)(H,60,61)(H2,43,46,47)(H2,55,56,57). The van der Waals surface area contributed by atoms with Crippen molar-refractivity contribution in [1.82, 2.24) is 30.2 Å². The van der Waals surface area contributed by atoms with Crippen molar-refractivity contribution in [1.29, 1.82) is 0 Å². The molecule has 2 amide bonds. The highest BCUT2D eigenvalue weighted by atomic mass is 32.2. The van der Waals surface area contributed by atoms with E-state index in [-0.39, 0.29) is 41.6 Å². The van der Waals surface area contributed by atoms with Crippen LogP contribution in [0.5, 0.6) is 0 Å². The van der Waals surface area contributed by atoms with E-state index in [1.54, 1.807) is 0 Å². The number of nitrogen functional groups attached to an aromatic ring is 1. The Bertz CT molecular complexity index is 2070. The monoisotopic (exact) mass is 1080 g/mol. The molecule has 1 aliphatic heterocycles. The highest BCUT2D eigenvalue weighted by molar-refractivity contribution is 8.13. The van der Waals surface area contributed by atoms with E-state index in [9.17, 15) is 57.9 Å². The molecule has 3 rings (SSSR count). The second-order valence-corrected chi connectivity index (χ2v) is 23.7. The minimum Gasteiger partial charge on any atom is -0.386 e. The molecule has 402 valence electrons. The molecule has 10 N–H and O–H groups in total. The van der Waals surface area contributed by atoms with Crippen LogP contribution in [0.25, 0.3) is 11.2 Å². The average molecular weight is 1080 g/mol. The Labute approximate surface area is 414 Å². The molecule has 2 aromatic rings. The second kappa shape index (κ2) is 30.7. The van der Waals surface area contributed by atoms with E-state index in [0.29, 0.717) is 12.2 Å². The molecule has 70 heavy (non-hydrogen) atoms. The minimum atomic E-state index is -5.58. The van der Waals surface area contributed by atoms with Crippen molar-refractivity contribution in [3.63, 3.8) is 0 Å². The van der Waals surface area contributed by atoms with Gasteiger partial charge in [0.15, 0.2) is 22.8 Å². The lowest BCUT2D eigenvalue weighted by molar-refractivity contribution is -0.137. The number of hydrogen-bond donors (Lipinski definition) is 9. The number of phosphoric ester groups is 3. The fourth-order valence-electron chi connectivity index (χ4n) is 7.71. The van der Waals surface area contributed by atoms with E-state index in [1.165, 1.54) is 97.3 Å². The summed E-state index contributed by atoms with van der Waals surface area (Å²) in [4.78, 5) is 88.5. The van der Waals surface area contributed by atoms with Gasteiger partial charge in [-0.25, -0.2) is 28.6 Å². The molecule has 1 aliphatic rings. The van der Waals surface area contributed by atoms with Crippen molar-refractivity contribution in [2.24, 2.45) is 11.3 Å². The number of aliphatic hydroxyl groups is 2. The van der Waals surface area contributed by atoms with Crippen LogP contribution < -0.4 is 16.4 Å². The molecule has 1 saturated heterocycles. The van der Waals surface area contributed by atoms with Crippen molar-refractivity contribution in [3.05, 3.63) is 12.7 Å². The molecule has 0 spiro atoms. The van der Waals surface area contributed by atoms with Gasteiger partial charge in [0.25, 0.3) is 0 Å². The fraction of sp³-hybridized carbons (Fsp3) is 0.810. The first-order valence-electron chi connectivity index (χ1n) is 24.0. The van der Waals surface area contributed by atoms with E-state index in [1.807, 2.05) is 0 Å². The zero-order valence-corrected chi connectivity index (χ0v) is 44.2. The second-order valence-electron chi connectivity index (χ2n) is 18.3. The van der Waals surface area contributed by atoms with Gasteiger partial charge in [0.05, 0.1) is 19.5 Å². The predicted molar refractivity (Wildman–Crippen MR) is 260 cm³/mol. The lowest BCUT2D eigenvalue weighted by Crippen LogP contribution is -2.46. The summed E-state index contributed by atoms with van der Waals surface area (Å²) >= 11 is 1.16. The third kappa shape index (κ3) is 23.2. The Morgan fingerprint density at radius 1 is 0.857 bits per heavy atom. The molecule has 8 unspecified atom stereocenters. The lowest BCUT2D eigenvalue weighted by atomic mass is 9.87. The lowest BCUT2D eigenvalue weighted by Gasteiger charge is -2.30. The quantitative estimate of drug-likeness (QED) is 0.0279. The van der Waals surface area contributed by atoms with Crippen LogP contribution in [-0.4, -0.2) is 123 Å². The summed E-state index contributed by atoms with van der Waals surface area (Å²) in [5, 5.41) is 26.7. The Morgan fingerprint density at radius 2 is 1.46 bits per heavy atom. The first-order chi connectivity index (χ1) is 32.9. The zero-order chi connectivity index (χ0) is 52.0. The van der Waals surface area contributed by atoms with E-state index in [2.05, 4.69) is 48.3 Å². The summed E-state index contributed by atoms with van der Waals surface area (Å²) in [6.07, 6.45) is 13.7. The van der Waals surface area contributed by atoms with Crippen LogP contribution >= 0.6 is 35.2 Å². The van der Waals surface area contributed by atoms with Gasteiger partial charge in [0.2, 0.25) is 11.8 Å². The van der Waals surface area contributed by atoms with Crippen LogP contribution in [0.1, 0.15) is 149 Å². The summed E-state index contributed by atoms with van der Waals surface area (Å²) in [6, 6.07) is 0. The van der Waals surface area contributed by atoms with E-state index < -0.39 is 84.6 Å². The van der Waals surface area contributed by atoms with Gasteiger partial charge in [-0.05, 0) is 12.3 Å². The number of thioether (sulfide) groups is 1. The third-order valence-electron chi connectivity index (χ3n) is 11.6. The molecule has 0 radical (unpaired) electrons. The molecular weight excluding hydrogens is 999 g/mol. The first kappa shape index (κ1) is 61.9. The molecule has 28 heteroatoms. The predicted octanol–water partition coefficient (Wildman–Crippen LogP) is 5.95. The van der Waals surface area contributed by atoms with Crippen LogP contribution in [0.3, 0.4) is 0 Å². The molecule has 3 heterocycles. The van der Waals surface area contributed by atoms with Crippen LogP contribution in [0.15, 0.2) is 12.7 Å². The number of carbonyl (C=O) groups excluding carboxylic acids is 3. The smallest absolute Gasteiger partial charge is 0.386 e. The van der Waals surface area contributed by atoms with Gasteiger partial charge in [-0.3, -0.25) is 32.5 Å². The van der Waals surface area contributed by atoms with Crippen LogP contribution in [0.4, 0.5) is 5.82 Å². The number of aromatic nitrogens is 4. The van der Waals surface area contributed by atoms with Crippen molar-refractivity contribution < 1.29 is 80.5 Å². The molecular formula is C42H76N7O17P3S. The maximum atomic E-state index is 12.8. The number of aliphatic hydroxyl groups excluding tert-OH is 2. The average Bonchev–Trinajstić information content (AvgIpc) is 3.84. The molecule has 2 aromatic heterocycles. The summed E-state index contributed by atoms with van der Waals surface area (Å²) in [5.74, 6) is -0.148. The van der Waals surface area contributed by atoms with Crippen molar-refractivity contribution >= 4 is 69.1 Å². The number of phosphoric acid groups is 3. The van der Waals surface area contributed by atoms with Crippen molar-refractivity contribution in [3.8, 4) is 0 Å². The van der Waals surface area contributed by atoms with Crippen LogP contribution in [-0.2, 0) is 50.7 Å². The molecule has 0 bridgehead atoms. The number of hydrogen-bond acceptors (Lipinski definition) is 18. The summed E-state index contributed by atoms with van der Waals surface area (Å²) in [6.45, 7) is 5.21. The number of carbonyl (C=O) groups is 3. The minimum absolute atomic E-state index is 0.0341. The van der Waals surface area contributed by atoms with E-state index in [0.717, 1.165) is 54.2 Å². The number of imidazole rings is 1. The van der Waals surface area contributed by atoms with Gasteiger partial charge < -0.3 is 50.9 Å². The number of ether oxygens (including phenoxy) is 1. The van der Waals surface area contributed by atoms with Crippen LogP contribution in [0, 0.1) is 11.3 Å². The van der Waals surface area contributed by atoms with Crippen molar-refractivity contribution in [2.75, 3.05) is 37.8 Å². The summed E-state index contributed by atoms with van der Waals surface area (Å²) < 4.78 is 62.5. The highest BCUT2D eigenvalue weighted by Gasteiger charge is 2.50. The van der Waals surface area contributed by atoms with Gasteiger partial charge in [-0.2, -0.15) is 4.31 Å². The van der Waals surface area contributed by atoms with E-state index in [4.69, 9.17) is 19.5 Å². The Hall–Kier alpha value is -2.44. The number of fused-ring (bicyclic) bond motifs is 1. The van der Waals surface area contributed by atoms with Gasteiger partial charge in [-0.15, -0.1) is 0 Å². The number of amides is 2. The highest BCUT2D eigenvalue weighted by Crippen LogP contribution is 2.61.